The van der Waals surface area contributed by atoms with Crippen molar-refractivity contribution >= 4 is 5.91 Å². The topological polar surface area (TPSA) is 75.3 Å². The van der Waals surface area contributed by atoms with E-state index in [2.05, 4.69) is 5.32 Å². The Balaban J connectivity index is 4.51. The van der Waals surface area contributed by atoms with Gasteiger partial charge in [-0.3, -0.25) is 4.79 Å². The molecule has 0 saturated heterocycles. The van der Waals surface area contributed by atoms with E-state index in [1.807, 2.05) is 20.8 Å². The van der Waals surface area contributed by atoms with E-state index in [9.17, 15) is 9.90 Å². The van der Waals surface area contributed by atoms with Gasteiger partial charge in [-0.15, -0.1) is 0 Å². The number of nitrogens with one attached hydrogen (secondary N) is 1. The molecule has 0 fully saturated rings. The summed E-state index contributed by atoms with van der Waals surface area (Å²) in [6.07, 6.45) is -0.617. The Kier molecular flexibility index (Phi) is 4.31. The highest BCUT2D eigenvalue weighted by Gasteiger charge is 2.33. The Bertz CT molecular complexity index is 229. The van der Waals surface area contributed by atoms with Crippen molar-refractivity contribution < 1.29 is 9.90 Å². The molecule has 0 rings (SSSR count). The van der Waals surface area contributed by atoms with Gasteiger partial charge in [0.15, 0.2) is 0 Å². The second-order valence-electron chi connectivity index (χ2n) is 5.73. The first-order valence-electron chi connectivity index (χ1n) is 5.24. The number of nitrogens with two attached hydrogens (primary N) is 1. The summed E-state index contributed by atoms with van der Waals surface area (Å²) in [5.74, 6) is -0.228. The van der Waals surface area contributed by atoms with Crippen molar-refractivity contribution in [3.63, 3.8) is 0 Å². The van der Waals surface area contributed by atoms with Gasteiger partial charge in [0, 0.05) is 0 Å². The van der Waals surface area contributed by atoms with E-state index in [-0.39, 0.29) is 11.3 Å². The van der Waals surface area contributed by atoms with Gasteiger partial charge in [-0.25, -0.2) is 0 Å². The van der Waals surface area contributed by atoms with Gasteiger partial charge in [-0.2, -0.15) is 0 Å². The maximum atomic E-state index is 11.8. The fourth-order valence-electron chi connectivity index (χ4n) is 0.893. The first-order chi connectivity index (χ1) is 6.48. The molecule has 0 heterocycles. The minimum absolute atomic E-state index is 0.228. The number of aliphatic hydroxyl groups excluding tert-OH is 1. The number of hydrogen-bond acceptors (Lipinski definition) is 3. The van der Waals surface area contributed by atoms with Crippen LogP contribution in [0.5, 0.6) is 0 Å². The van der Waals surface area contributed by atoms with Crippen molar-refractivity contribution in [3.8, 4) is 0 Å². The predicted molar refractivity (Wildman–Crippen MR) is 61.3 cm³/mol. The normalized spacial score (nSPS) is 17.1. The maximum Gasteiger partial charge on any atom is 0.237 e. The van der Waals surface area contributed by atoms with Crippen LogP contribution >= 0.6 is 0 Å². The highest BCUT2D eigenvalue weighted by molar-refractivity contribution is 5.83. The molecule has 0 aromatic rings. The number of amides is 1. The fraction of sp³-hybridized carbons (Fsp3) is 0.909. The fourth-order valence-corrected chi connectivity index (χ4v) is 0.893. The number of hydrogen-bond donors (Lipinski definition) is 3. The van der Waals surface area contributed by atoms with Crippen LogP contribution < -0.4 is 11.1 Å². The minimum Gasteiger partial charge on any atom is -0.391 e. The molecule has 0 spiro atoms. The second kappa shape index (κ2) is 4.49. The molecule has 4 nitrogen and oxygen atoms in total. The molecule has 4 N–H and O–H groups in total. The highest BCUT2D eigenvalue weighted by Crippen LogP contribution is 2.18. The molecule has 0 aliphatic heterocycles. The molecule has 0 aromatic heterocycles. The molecule has 0 aliphatic rings. The maximum absolute atomic E-state index is 11.8. The molecule has 15 heavy (non-hydrogen) atoms. The Hall–Kier alpha value is -0.610. The Morgan fingerprint density at radius 1 is 1.27 bits per heavy atom. The molecule has 0 bridgehead atoms. The molecule has 2 atom stereocenters. The van der Waals surface area contributed by atoms with E-state index < -0.39 is 17.7 Å². The van der Waals surface area contributed by atoms with Gasteiger partial charge in [0.05, 0.1) is 17.7 Å². The lowest BCUT2D eigenvalue weighted by atomic mass is 9.86. The molecule has 0 radical (unpaired) electrons. The SMILES string of the molecule is CC(O)C(C)(C)NC(=O)C(N)C(C)(C)C. The number of carbonyl (C=O) groups excluding carboxylic acids is 1. The van der Waals surface area contributed by atoms with E-state index in [1.54, 1.807) is 20.8 Å². The molecule has 2 unspecified atom stereocenters. The third-order valence-corrected chi connectivity index (χ3v) is 2.71. The van der Waals surface area contributed by atoms with Crippen molar-refractivity contribution in [2.45, 2.75) is 59.2 Å². The zero-order valence-corrected chi connectivity index (χ0v) is 10.6. The van der Waals surface area contributed by atoms with Gasteiger partial charge in [0.2, 0.25) is 5.91 Å². The van der Waals surface area contributed by atoms with Gasteiger partial charge in [-0.1, -0.05) is 20.8 Å². The standard InChI is InChI=1S/C11H24N2O2/c1-7(14)11(5,6)13-9(15)8(12)10(2,3)4/h7-8,14H,12H2,1-6H3,(H,13,15). The van der Waals surface area contributed by atoms with Crippen LogP contribution in [0.1, 0.15) is 41.5 Å². The summed E-state index contributed by atoms with van der Waals surface area (Å²) in [4.78, 5) is 11.8. The lowest BCUT2D eigenvalue weighted by molar-refractivity contribution is -0.127. The quantitative estimate of drug-likeness (QED) is 0.648. The van der Waals surface area contributed by atoms with Gasteiger partial charge in [0.25, 0.3) is 0 Å². The van der Waals surface area contributed by atoms with Crippen LogP contribution in [0.3, 0.4) is 0 Å². The van der Waals surface area contributed by atoms with Crippen LogP contribution in [-0.2, 0) is 4.79 Å². The summed E-state index contributed by atoms with van der Waals surface area (Å²) in [7, 11) is 0. The third-order valence-electron chi connectivity index (χ3n) is 2.71. The van der Waals surface area contributed by atoms with Gasteiger partial charge in [-0.05, 0) is 26.2 Å². The lowest BCUT2D eigenvalue weighted by Crippen LogP contribution is -2.58. The molecule has 0 aliphatic carbocycles. The Morgan fingerprint density at radius 2 is 1.67 bits per heavy atom. The zero-order valence-electron chi connectivity index (χ0n) is 10.6. The monoisotopic (exact) mass is 216 g/mol. The molecule has 90 valence electrons. The van der Waals surface area contributed by atoms with Gasteiger partial charge in [0.1, 0.15) is 0 Å². The van der Waals surface area contributed by atoms with E-state index in [1.165, 1.54) is 0 Å². The van der Waals surface area contributed by atoms with Crippen molar-refractivity contribution in [1.82, 2.24) is 5.32 Å². The van der Waals surface area contributed by atoms with Crippen LogP contribution in [0, 0.1) is 5.41 Å². The van der Waals surface area contributed by atoms with Crippen LogP contribution in [0.25, 0.3) is 0 Å². The zero-order chi connectivity index (χ0) is 12.4. The smallest absolute Gasteiger partial charge is 0.237 e. The van der Waals surface area contributed by atoms with Crippen LogP contribution in [0.4, 0.5) is 0 Å². The van der Waals surface area contributed by atoms with Gasteiger partial charge < -0.3 is 16.2 Å². The van der Waals surface area contributed by atoms with E-state index in [4.69, 9.17) is 5.73 Å². The summed E-state index contributed by atoms with van der Waals surface area (Å²) in [5, 5.41) is 12.2. The molecular formula is C11H24N2O2. The van der Waals surface area contributed by atoms with Crippen molar-refractivity contribution in [2.24, 2.45) is 11.1 Å². The molecule has 0 aromatic carbocycles. The molecule has 0 saturated carbocycles. The summed E-state index contributed by atoms with van der Waals surface area (Å²) >= 11 is 0. The van der Waals surface area contributed by atoms with Crippen molar-refractivity contribution in [1.29, 1.82) is 0 Å². The number of carbonyl (C=O) groups is 1. The Labute approximate surface area is 92.2 Å². The average molecular weight is 216 g/mol. The second-order valence-corrected chi connectivity index (χ2v) is 5.73. The van der Waals surface area contributed by atoms with Gasteiger partial charge >= 0.3 is 0 Å². The number of aliphatic hydroxyl groups is 1. The summed E-state index contributed by atoms with van der Waals surface area (Å²) < 4.78 is 0. The van der Waals surface area contributed by atoms with E-state index in [0.29, 0.717) is 0 Å². The van der Waals surface area contributed by atoms with Crippen LogP contribution in [0.15, 0.2) is 0 Å². The van der Waals surface area contributed by atoms with Crippen molar-refractivity contribution in [3.05, 3.63) is 0 Å². The van der Waals surface area contributed by atoms with Crippen LogP contribution in [-0.4, -0.2) is 28.7 Å². The van der Waals surface area contributed by atoms with Crippen molar-refractivity contribution in [2.75, 3.05) is 0 Å². The summed E-state index contributed by atoms with van der Waals surface area (Å²) in [6.45, 7) is 10.9. The van der Waals surface area contributed by atoms with E-state index >= 15 is 0 Å². The summed E-state index contributed by atoms with van der Waals surface area (Å²) in [6, 6.07) is -0.574. The highest BCUT2D eigenvalue weighted by atomic mass is 16.3. The first-order valence-corrected chi connectivity index (χ1v) is 5.24. The third kappa shape index (κ3) is 4.18. The van der Waals surface area contributed by atoms with E-state index in [0.717, 1.165) is 0 Å². The average Bonchev–Trinajstić information content (AvgIpc) is 2.00. The summed E-state index contributed by atoms with van der Waals surface area (Å²) in [5.41, 5.74) is 4.88. The minimum atomic E-state index is -0.653. The Morgan fingerprint density at radius 3 is 1.93 bits per heavy atom. The van der Waals surface area contributed by atoms with Crippen LogP contribution in [0.2, 0.25) is 0 Å². The molecular weight excluding hydrogens is 192 g/mol. The predicted octanol–water partition coefficient (Wildman–Crippen LogP) is 0.635. The number of rotatable bonds is 3. The molecule has 4 heteroatoms. The largest absolute Gasteiger partial charge is 0.391 e. The first kappa shape index (κ1) is 14.4. The lowest BCUT2D eigenvalue weighted by Gasteiger charge is -2.33. The molecule has 1 amide bonds.